The first-order valence-corrected chi connectivity index (χ1v) is 8.35. The second kappa shape index (κ2) is 9.18. The minimum atomic E-state index is -0.771. The van der Waals surface area contributed by atoms with E-state index in [1.165, 1.54) is 6.07 Å². The van der Waals surface area contributed by atoms with Gasteiger partial charge in [0.15, 0.2) is 6.61 Å². The third kappa shape index (κ3) is 5.57. The first kappa shape index (κ1) is 18.9. The van der Waals surface area contributed by atoms with Gasteiger partial charge in [-0.15, -0.1) is 0 Å². The number of benzene rings is 2. The molecule has 0 aliphatic heterocycles. The highest BCUT2D eigenvalue weighted by Crippen LogP contribution is 2.19. The summed E-state index contributed by atoms with van der Waals surface area (Å²) in [6.45, 7) is 1.60. The lowest BCUT2D eigenvalue weighted by molar-refractivity contribution is -0.125. The number of carbonyl (C=O) groups is 2. The molecule has 0 saturated carbocycles. The van der Waals surface area contributed by atoms with E-state index < -0.39 is 24.3 Å². The lowest BCUT2D eigenvalue weighted by Crippen LogP contribution is -2.32. The first-order chi connectivity index (χ1) is 12.0. The van der Waals surface area contributed by atoms with E-state index in [-0.39, 0.29) is 16.6 Å². The van der Waals surface area contributed by atoms with Crippen molar-refractivity contribution < 1.29 is 18.7 Å². The smallest absolute Gasteiger partial charge is 0.340 e. The SMILES string of the molecule is CCC[C@@H](NC(=O)COC(=O)c1ccc(F)cc1Cl)c1ccccc1. The minimum Gasteiger partial charge on any atom is -0.452 e. The Morgan fingerprint density at radius 1 is 1.20 bits per heavy atom. The Kier molecular flexibility index (Phi) is 6.95. The lowest BCUT2D eigenvalue weighted by atomic mass is 10.0. The molecule has 4 nitrogen and oxygen atoms in total. The normalized spacial score (nSPS) is 11.6. The third-order valence-electron chi connectivity index (χ3n) is 3.60. The number of ether oxygens (including phenoxy) is 1. The Bertz CT molecular complexity index is 737. The Hall–Kier alpha value is -2.40. The van der Waals surface area contributed by atoms with Crippen molar-refractivity contribution in [3.63, 3.8) is 0 Å². The Morgan fingerprint density at radius 2 is 1.92 bits per heavy atom. The fraction of sp³-hybridized carbons (Fsp3) is 0.263. The highest BCUT2D eigenvalue weighted by molar-refractivity contribution is 6.33. The lowest BCUT2D eigenvalue weighted by Gasteiger charge is -2.18. The quantitative estimate of drug-likeness (QED) is 0.746. The van der Waals surface area contributed by atoms with Crippen LogP contribution in [0.15, 0.2) is 48.5 Å². The molecule has 0 spiro atoms. The van der Waals surface area contributed by atoms with Gasteiger partial charge in [-0.2, -0.15) is 0 Å². The van der Waals surface area contributed by atoms with Crippen molar-refractivity contribution in [3.05, 3.63) is 70.5 Å². The monoisotopic (exact) mass is 363 g/mol. The molecule has 0 fully saturated rings. The Labute approximate surface area is 150 Å². The van der Waals surface area contributed by atoms with Gasteiger partial charge in [0.25, 0.3) is 5.91 Å². The number of carbonyl (C=O) groups excluding carboxylic acids is 2. The summed E-state index contributed by atoms with van der Waals surface area (Å²) in [5.74, 6) is -1.73. The number of rotatable bonds is 7. The second-order valence-electron chi connectivity index (χ2n) is 5.52. The number of halogens is 2. The van der Waals surface area contributed by atoms with E-state index in [0.717, 1.165) is 30.5 Å². The van der Waals surface area contributed by atoms with Gasteiger partial charge in [-0.1, -0.05) is 55.3 Å². The highest BCUT2D eigenvalue weighted by atomic mass is 35.5. The van der Waals surface area contributed by atoms with Crippen LogP contribution >= 0.6 is 11.6 Å². The number of amides is 1. The molecular weight excluding hydrogens is 345 g/mol. The first-order valence-electron chi connectivity index (χ1n) is 7.97. The largest absolute Gasteiger partial charge is 0.452 e. The maximum absolute atomic E-state index is 13.0. The van der Waals surface area contributed by atoms with Gasteiger partial charge in [0, 0.05) is 0 Å². The van der Waals surface area contributed by atoms with E-state index in [1.54, 1.807) is 0 Å². The van der Waals surface area contributed by atoms with E-state index in [1.807, 2.05) is 37.3 Å². The number of esters is 1. The summed E-state index contributed by atoms with van der Waals surface area (Å²) in [6.07, 6.45) is 1.66. The van der Waals surface area contributed by atoms with Crippen LogP contribution < -0.4 is 5.32 Å². The van der Waals surface area contributed by atoms with Crippen LogP contribution in [0.3, 0.4) is 0 Å². The fourth-order valence-corrected chi connectivity index (χ4v) is 2.64. The summed E-state index contributed by atoms with van der Waals surface area (Å²) in [7, 11) is 0. The predicted octanol–water partition coefficient (Wildman–Crippen LogP) is 4.29. The molecule has 1 N–H and O–H groups in total. The molecule has 25 heavy (non-hydrogen) atoms. The van der Waals surface area contributed by atoms with Gasteiger partial charge in [-0.05, 0) is 30.2 Å². The Balaban J connectivity index is 1.93. The minimum absolute atomic E-state index is 0.0176. The summed E-state index contributed by atoms with van der Waals surface area (Å²) < 4.78 is 18.0. The average molecular weight is 364 g/mol. The van der Waals surface area contributed by atoms with Gasteiger partial charge >= 0.3 is 5.97 Å². The molecule has 2 aromatic carbocycles. The molecule has 0 radical (unpaired) electrons. The maximum Gasteiger partial charge on any atom is 0.340 e. The van der Waals surface area contributed by atoms with Crippen molar-refractivity contribution in [2.75, 3.05) is 6.61 Å². The molecule has 2 rings (SSSR count). The molecule has 0 aliphatic carbocycles. The van der Waals surface area contributed by atoms with Gasteiger partial charge in [0.1, 0.15) is 5.82 Å². The van der Waals surface area contributed by atoms with Crippen LogP contribution in [0, 0.1) is 5.82 Å². The van der Waals surface area contributed by atoms with Gasteiger partial charge in [0.2, 0.25) is 0 Å². The van der Waals surface area contributed by atoms with Crippen molar-refractivity contribution in [1.29, 1.82) is 0 Å². The van der Waals surface area contributed by atoms with Crippen LogP contribution in [0.1, 0.15) is 41.7 Å². The third-order valence-corrected chi connectivity index (χ3v) is 3.91. The molecule has 0 bridgehead atoms. The summed E-state index contributed by atoms with van der Waals surface area (Å²) in [5, 5.41) is 2.80. The van der Waals surface area contributed by atoms with Gasteiger partial charge < -0.3 is 10.1 Å². The molecule has 2 aromatic rings. The van der Waals surface area contributed by atoms with Crippen molar-refractivity contribution >= 4 is 23.5 Å². The zero-order chi connectivity index (χ0) is 18.2. The maximum atomic E-state index is 13.0. The van der Waals surface area contributed by atoms with E-state index in [2.05, 4.69) is 5.32 Å². The van der Waals surface area contributed by atoms with Crippen LogP contribution in [0.25, 0.3) is 0 Å². The predicted molar refractivity (Wildman–Crippen MR) is 93.9 cm³/mol. The van der Waals surface area contributed by atoms with E-state index in [0.29, 0.717) is 0 Å². The van der Waals surface area contributed by atoms with Crippen LogP contribution in [0.4, 0.5) is 4.39 Å². The molecule has 0 aliphatic rings. The summed E-state index contributed by atoms with van der Waals surface area (Å²) >= 11 is 5.80. The number of hydrogen-bond acceptors (Lipinski definition) is 3. The molecule has 1 amide bonds. The van der Waals surface area contributed by atoms with Crippen LogP contribution in [-0.2, 0) is 9.53 Å². The summed E-state index contributed by atoms with van der Waals surface area (Å²) in [4.78, 5) is 24.0. The fourth-order valence-electron chi connectivity index (χ4n) is 2.40. The van der Waals surface area contributed by atoms with Gasteiger partial charge in [0.05, 0.1) is 16.6 Å². The molecule has 0 saturated heterocycles. The standard InChI is InChI=1S/C19H19ClFNO3/c1-2-6-17(13-7-4-3-5-8-13)22-18(23)12-25-19(24)15-10-9-14(21)11-16(15)20/h3-5,7-11,17H,2,6,12H2,1H3,(H,22,23)/t17-/m1/s1. The molecule has 1 atom stereocenters. The second-order valence-corrected chi connectivity index (χ2v) is 5.93. The molecule has 0 aromatic heterocycles. The molecule has 0 unspecified atom stereocenters. The summed E-state index contributed by atoms with van der Waals surface area (Å²) in [6, 6.07) is 12.8. The average Bonchev–Trinajstić information content (AvgIpc) is 2.60. The highest BCUT2D eigenvalue weighted by Gasteiger charge is 2.17. The van der Waals surface area contributed by atoms with Gasteiger partial charge in [-0.25, -0.2) is 9.18 Å². The summed E-state index contributed by atoms with van der Waals surface area (Å²) in [5.41, 5.74) is 1.01. The molecule has 132 valence electrons. The van der Waals surface area contributed by atoms with Crippen molar-refractivity contribution in [3.8, 4) is 0 Å². The van der Waals surface area contributed by atoms with Crippen LogP contribution in [0.5, 0.6) is 0 Å². The topological polar surface area (TPSA) is 55.4 Å². The molecular formula is C19H19ClFNO3. The molecule has 0 heterocycles. The van der Waals surface area contributed by atoms with Gasteiger partial charge in [-0.3, -0.25) is 4.79 Å². The van der Waals surface area contributed by atoms with E-state index >= 15 is 0 Å². The zero-order valence-corrected chi connectivity index (χ0v) is 14.6. The van der Waals surface area contributed by atoms with Crippen LogP contribution in [0.2, 0.25) is 5.02 Å². The van der Waals surface area contributed by atoms with Crippen molar-refractivity contribution in [1.82, 2.24) is 5.32 Å². The molecule has 6 heteroatoms. The number of hydrogen-bond donors (Lipinski definition) is 1. The van der Waals surface area contributed by atoms with E-state index in [4.69, 9.17) is 16.3 Å². The van der Waals surface area contributed by atoms with E-state index in [9.17, 15) is 14.0 Å². The number of nitrogens with one attached hydrogen (secondary N) is 1. The van der Waals surface area contributed by atoms with Crippen molar-refractivity contribution in [2.45, 2.75) is 25.8 Å². The Morgan fingerprint density at radius 3 is 2.56 bits per heavy atom. The van der Waals surface area contributed by atoms with Crippen molar-refractivity contribution in [2.24, 2.45) is 0 Å². The van der Waals surface area contributed by atoms with Crippen LogP contribution in [-0.4, -0.2) is 18.5 Å². The zero-order valence-electron chi connectivity index (χ0n) is 13.8.